The van der Waals surface area contributed by atoms with Crippen LogP contribution in [0.5, 0.6) is 0 Å². The van der Waals surface area contributed by atoms with Gasteiger partial charge in [0.25, 0.3) is 0 Å². The number of benzene rings is 7. The molecule has 228 valence electrons. The fourth-order valence-corrected chi connectivity index (χ4v) is 4.69. The highest BCUT2D eigenvalue weighted by atomic mass is 15.0. The molecule has 0 bridgehead atoms. The zero-order chi connectivity index (χ0) is 57.4. The van der Waals surface area contributed by atoms with Gasteiger partial charge in [0.15, 0.2) is 11.6 Å². The van der Waals surface area contributed by atoms with Crippen molar-refractivity contribution >= 4 is 32.3 Å². The molecule has 7 aromatic carbocycles. The first-order chi connectivity index (χ1) is 35.9. The van der Waals surface area contributed by atoms with Crippen LogP contribution >= 0.6 is 0 Å². The number of hydrogen-bond donors (Lipinski definition) is 0. The van der Waals surface area contributed by atoms with Crippen molar-refractivity contribution < 1.29 is 39.8 Å². The van der Waals surface area contributed by atoms with Crippen molar-refractivity contribution in [1.82, 2.24) is 15.0 Å². The quantitative estimate of drug-likeness (QED) is 0.128. The van der Waals surface area contributed by atoms with Gasteiger partial charge in [-0.2, -0.15) is 0 Å². The molecule has 1 heterocycles. The topological polar surface area (TPSA) is 38.7 Å². The van der Waals surface area contributed by atoms with Gasteiger partial charge in [0, 0.05) is 18.9 Å². The molecule has 3 heteroatoms. The van der Waals surface area contributed by atoms with Crippen molar-refractivity contribution in [2.45, 2.75) is 13.3 Å². The van der Waals surface area contributed by atoms with Crippen LogP contribution in [0.1, 0.15) is 52.5 Å². The minimum Gasteiger partial charge on any atom is -0.213 e. The van der Waals surface area contributed by atoms with E-state index in [4.69, 9.17) is 30.2 Å². The molecule has 0 aliphatic rings. The van der Waals surface area contributed by atoms with Gasteiger partial charge in [-0.1, -0.05) is 163 Å². The van der Waals surface area contributed by atoms with E-state index in [2.05, 4.69) is 15.0 Å². The molecule has 0 unspecified atom stereocenters. The third-order valence-corrected chi connectivity index (χ3v) is 6.80. The average molecular weight is 645 g/mol. The van der Waals surface area contributed by atoms with Gasteiger partial charge in [-0.15, -0.1) is 0 Å². The van der Waals surface area contributed by atoms with E-state index in [0.29, 0.717) is 0 Å². The van der Waals surface area contributed by atoms with E-state index in [-0.39, 0.29) is 0 Å². The van der Waals surface area contributed by atoms with E-state index >= 15 is 0 Å². The summed E-state index contributed by atoms with van der Waals surface area (Å²) in [6.07, 6.45) is -0.860. The summed E-state index contributed by atoms with van der Waals surface area (Å²) < 4.78 is 252. The van der Waals surface area contributed by atoms with E-state index in [1.54, 1.807) is 0 Å². The van der Waals surface area contributed by atoms with E-state index in [9.17, 15) is 9.60 Å². The number of fused-ring (bicyclic) bond motifs is 6. The number of hydrogen-bond acceptors (Lipinski definition) is 3. The lowest BCUT2D eigenvalue weighted by molar-refractivity contribution is 0.947. The Labute approximate surface area is 321 Å². The van der Waals surface area contributed by atoms with Gasteiger partial charge in [-0.3, -0.25) is 0 Å². The van der Waals surface area contributed by atoms with Crippen LogP contribution < -0.4 is 0 Å². The lowest BCUT2D eigenvalue weighted by Gasteiger charge is -2.12. The van der Waals surface area contributed by atoms with E-state index < -0.39 is 266 Å². The normalized spacial score (nSPS) is 21.0. The molecule has 0 radical (unpaired) electrons. The largest absolute Gasteiger partial charge is 0.213 e. The molecule has 0 aliphatic heterocycles. The second kappa shape index (κ2) is 12.9. The Morgan fingerprint density at radius 3 is 1.52 bits per heavy atom. The van der Waals surface area contributed by atoms with E-state index in [0.717, 1.165) is 0 Å². The molecular formula is C45H33N3. The van der Waals surface area contributed by atoms with Crippen molar-refractivity contribution in [2.24, 2.45) is 0 Å². The van der Waals surface area contributed by atoms with Crippen LogP contribution in [0.2, 0.25) is 0 Å². The van der Waals surface area contributed by atoms with Gasteiger partial charge in [0.2, 0.25) is 0 Å². The molecule has 0 spiro atoms. The standard InChI is InChI=1S/C45H33N3/c1-2-3-4-8-19-43-46-44(34-24-20-32(21-25-34)31-13-6-5-7-14-31)48-45(47-43)35-26-22-33(23-27-35)36-28-29-41-39-17-10-9-15-37(39)38-16-11-12-18-40(38)42(41)30-36/h2-18,20-30H,19H2,1H3/b3-2-,8-4-/i1D,2D,3D,4D,5D,6D,7D,8D,9D,10D,11D,12D,13D,14D,15D,16D,17D,18D,20D,21D,22D,23D,24D,25D,26D,27D,28D,29D,30D. The van der Waals surface area contributed by atoms with Crippen molar-refractivity contribution in [1.29, 1.82) is 0 Å². The summed E-state index contributed by atoms with van der Waals surface area (Å²) in [7, 11) is 0. The predicted octanol–water partition coefficient (Wildman–Crippen LogP) is 11.7. The first-order valence-electron chi connectivity index (χ1n) is 28.6. The van der Waals surface area contributed by atoms with Crippen molar-refractivity contribution in [3.8, 4) is 45.0 Å². The second-order valence-electron chi connectivity index (χ2n) is 9.68. The Kier molecular flexibility index (Phi) is 3.09. The smallest absolute Gasteiger partial charge is 0.163 e. The zero-order valence-corrected chi connectivity index (χ0v) is 24.3. The molecule has 48 heavy (non-hydrogen) atoms. The summed E-state index contributed by atoms with van der Waals surface area (Å²) in [5.41, 5.74) is -4.63. The highest BCUT2D eigenvalue weighted by Crippen LogP contribution is 2.37. The Morgan fingerprint density at radius 1 is 0.479 bits per heavy atom. The number of nitrogens with zero attached hydrogens (tertiary/aromatic N) is 3. The highest BCUT2D eigenvalue weighted by Gasteiger charge is 2.13. The maximum Gasteiger partial charge on any atom is 0.163 e. The van der Waals surface area contributed by atoms with Crippen LogP contribution in [0.4, 0.5) is 0 Å². The van der Waals surface area contributed by atoms with Crippen LogP contribution in [0.15, 0.2) is 169 Å². The molecule has 0 saturated heterocycles. The third-order valence-electron chi connectivity index (χ3n) is 6.80. The van der Waals surface area contributed by atoms with Crippen molar-refractivity contribution in [3.63, 3.8) is 0 Å². The van der Waals surface area contributed by atoms with Gasteiger partial charge < -0.3 is 0 Å². The van der Waals surface area contributed by atoms with Gasteiger partial charge in [-0.05, 0) is 67.5 Å². The number of rotatable bonds is 7. The maximum atomic E-state index is 9.59. The van der Waals surface area contributed by atoms with Crippen molar-refractivity contribution in [2.75, 3.05) is 0 Å². The molecular weight excluding hydrogens is 583 g/mol. The molecule has 0 amide bonds. The van der Waals surface area contributed by atoms with Crippen LogP contribution in [0.25, 0.3) is 77.3 Å². The zero-order valence-electron chi connectivity index (χ0n) is 53.3. The van der Waals surface area contributed by atoms with Crippen LogP contribution in [0.3, 0.4) is 0 Å². The maximum absolute atomic E-state index is 9.59. The van der Waals surface area contributed by atoms with Crippen LogP contribution in [0, 0.1) is 0 Å². The first kappa shape index (κ1) is 11.5. The molecule has 0 N–H and O–H groups in total. The van der Waals surface area contributed by atoms with Crippen LogP contribution in [-0.2, 0) is 6.42 Å². The Bertz CT molecular complexity index is 3960. The summed E-state index contributed by atoms with van der Waals surface area (Å²) in [5.74, 6) is -2.23. The third kappa shape index (κ3) is 5.67. The molecule has 0 saturated carbocycles. The molecule has 0 fully saturated rings. The summed E-state index contributed by atoms with van der Waals surface area (Å²) in [4.78, 5) is 12.7. The van der Waals surface area contributed by atoms with E-state index in [1.165, 1.54) is 0 Å². The lowest BCUT2D eigenvalue weighted by atomic mass is 9.92. The number of allylic oxidation sites excluding steroid dienone is 4. The number of aromatic nitrogens is 3. The second-order valence-corrected chi connectivity index (χ2v) is 9.68. The van der Waals surface area contributed by atoms with E-state index in [1.807, 2.05) is 0 Å². The first-order valence-corrected chi connectivity index (χ1v) is 13.9. The summed E-state index contributed by atoms with van der Waals surface area (Å²) in [6.45, 7) is -0.745. The van der Waals surface area contributed by atoms with Gasteiger partial charge in [-0.25, -0.2) is 15.0 Å². The molecule has 0 aliphatic carbocycles. The highest BCUT2D eigenvalue weighted by molar-refractivity contribution is 6.25. The van der Waals surface area contributed by atoms with Crippen molar-refractivity contribution in [3.05, 3.63) is 175 Å². The fraction of sp³-hybridized carbons (Fsp3) is 0.0444. The molecule has 0 atom stereocenters. The molecule has 3 nitrogen and oxygen atoms in total. The lowest BCUT2D eigenvalue weighted by Crippen LogP contribution is -2.02. The minimum atomic E-state index is -1.05. The predicted molar refractivity (Wildman–Crippen MR) is 202 cm³/mol. The minimum absolute atomic E-state index is 0.453. The summed E-state index contributed by atoms with van der Waals surface area (Å²) >= 11 is 0. The SMILES string of the molecule is [2H]C/C([2H])=C([2H])\C([2H])=C(\[2H])Cc1nc(-c2c([2H])c([2H])c(-c3c([2H])c([2H])c([2H])c([2H])c3[2H])c([2H])c2[2H])nc(-c2c([2H])c([2H])c(-c3c([2H])c([2H])c4c5c([2H])c([2H])c([2H])c([2H])c5c5c([2H])c([2H])c([2H])c([2H])c5c4c3[2H])c([2H])c2[2H])n1. The molecule has 1 aromatic heterocycles. The monoisotopic (exact) mass is 644 g/mol. The Hall–Kier alpha value is -6.19. The fourth-order valence-electron chi connectivity index (χ4n) is 4.69. The van der Waals surface area contributed by atoms with Gasteiger partial charge in [0.1, 0.15) is 5.82 Å². The Balaban J connectivity index is 1.46. The summed E-state index contributed by atoms with van der Waals surface area (Å²) in [6, 6.07) is -24.7. The molecule has 8 rings (SSSR count). The van der Waals surface area contributed by atoms with Gasteiger partial charge in [0.05, 0.1) is 38.4 Å². The Morgan fingerprint density at radius 2 is 0.938 bits per heavy atom. The molecule has 8 aromatic rings. The average Bonchev–Trinajstić information content (AvgIpc) is 3.53. The summed E-state index contributed by atoms with van der Waals surface area (Å²) in [5, 5.41) is -3.05. The van der Waals surface area contributed by atoms with Gasteiger partial charge >= 0.3 is 0 Å². The van der Waals surface area contributed by atoms with Crippen LogP contribution in [-0.4, -0.2) is 15.0 Å².